The first kappa shape index (κ1) is 13.2. The van der Waals surface area contributed by atoms with Crippen LogP contribution < -0.4 is 0 Å². The molecule has 0 saturated heterocycles. The summed E-state index contributed by atoms with van der Waals surface area (Å²) in [6.07, 6.45) is 9.16. The zero-order valence-electron chi connectivity index (χ0n) is 9.91. The molecule has 3 heteroatoms. The lowest BCUT2D eigenvalue weighted by Gasteiger charge is -2.20. The van der Waals surface area contributed by atoms with E-state index in [0.717, 1.165) is 25.7 Å². The molecule has 0 bridgehead atoms. The third-order valence-electron chi connectivity index (χ3n) is 3.37. The summed E-state index contributed by atoms with van der Waals surface area (Å²) in [5, 5.41) is 8.46. The van der Waals surface area contributed by atoms with E-state index in [9.17, 15) is 9.59 Å². The number of carboxylic acid groups (broad SMARTS) is 1. The Morgan fingerprint density at radius 3 is 2.19 bits per heavy atom. The van der Waals surface area contributed by atoms with Gasteiger partial charge in [0, 0.05) is 18.8 Å². The molecule has 0 amide bonds. The maximum absolute atomic E-state index is 11.8. The van der Waals surface area contributed by atoms with E-state index in [-0.39, 0.29) is 6.42 Å². The number of unbranched alkanes of at least 4 members (excludes halogenated alkanes) is 2. The van der Waals surface area contributed by atoms with Crippen LogP contribution >= 0.6 is 0 Å². The summed E-state index contributed by atoms with van der Waals surface area (Å²) < 4.78 is 0. The number of hydrogen-bond acceptors (Lipinski definition) is 2. The van der Waals surface area contributed by atoms with Crippen LogP contribution in [0.25, 0.3) is 0 Å². The molecule has 0 heterocycles. The molecule has 0 aromatic rings. The van der Waals surface area contributed by atoms with Crippen molar-refractivity contribution >= 4 is 11.8 Å². The largest absolute Gasteiger partial charge is 0.481 e. The molecule has 0 atom stereocenters. The summed E-state index contributed by atoms with van der Waals surface area (Å²) in [6, 6.07) is 0. The second-order valence-electron chi connectivity index (χ2n) is 4.76. The summed E-state index contributed by atoms with van der Waals surface area (Å²) in [4.78, 5) is 22.1. The minimum absolute atomic E-state index is 0.234. The van der Waals surface area contributed by atoms with Crippen LogP contribution in [0, 0.1) is 5.92 Å². The molecule has 0 aromatic carbocycles. The summed E-state index contributed by atoms with van der Waals surface area (Å²) in [7, 11) is 0. The molecule has 0 spiro atoms. The molecular formula is C13H22O3. The number of carbonyl (C=O) groups excluding carboxylic acids is 1. The van der Waals surface area contributed by atoms with Gasteiger partial charge < -0.3 is 5.11 Å². The van der Waals surface area contributed by atoms with Crippen molar-refractivity contribution < 1.29 is 14.7 Å². The van der Waals surface area contributed by atoms with E-state index in [2.05, 4.69) is 0 Å². The summed E-state index contributed by atoms with van der Waals surface area (Å²) in [6.45, 7) is 0. The van der Waals surface area contributed by atoms with Crippen LogP contribution in [0.5, 0.6) is 0 Å². The van der Waals surface area contributed by atoms with Crippen molar-refractivity contribution in [3.05, 3.63) is 0 Å². The second-order valence-corrected chi connectivity index (χ2v) is 4.76. The van der Waals surface area contributed by atoms with Crippen LogP contribution in [0.15, 0.2) is 0 Å². The van der Waals surface area contributed by atoms with Gasteiger partial charge in [0.25, 0.3) is 0 Å². The third-order valence-corrected chi connectivity index (χ3v) is 3.37. The van der Waals surface area contributed by atoms with E-state index < -0.39 is 5.97 Å². The minimum atomic E-state index is -0.737. The molecule has 0 aromatic heterocycles. The number of aliphatic carboxylic acids is 1. The van der Waals surface area contributed by atoms with Gasteiger partial charge in [0.2, 0.25) is 0 Å². The van der Waals surface area contributed by atoms with Crippen molar-refractivity contribution in [2.24, 2.45) is 5.92 Å². The fourth-order valence-corrected chi connectivity index (χ4v) is 2.38. The van der Waals surface area contributed by atoms with Crippen molar-refractivity contribution in [2.45, 2.75) is 64.2 Å². The monoisotopic (exact) mass is 226 g/mol. The molecule has 1 fully saturated rings. The number of Topliss-reactive ketones (excluding diaryl/α,β-unsaturated/α-hetero) is 1. The number of carbonyl (C=O) groups is 2. The molecule has 1 N–H and O–H groups in total. The summed E-state index contributed by atoms with van der Waals surface area (Å²) in [5.41, 5.74) is 0. The fraction of sp³-hybridized carbons (Fsp3) is 0.846. The molecule has 16 heavy (non-hydrogen) atoms. The van der Waals surface area contributed by atoms with Gasteiger partial charge in [-0.15, -0.1) is 0 Å². The van der Waals surface area contributed by atoms with E-state index in [0.29, 0.717) is 24.5 Å². The minimum Gasteiger partial charge on any atom is -0.481 e. The molecule has 0 radical (unpaired) electrons. The van der Waals surface area contributed by atoms with E-state index in [4.69, 9.17) is 5.11 Å². The zero-order chi connectivity index (χ0) is 11.8. The zero-order valence-corrected chi connectivity index (χ0v) is 9.91. The molecular weight excluding hydrogens is 204 g/mol. The number of hydrogen-bond donors (Lipinski definition) is 1. The highest BCUT2D eigenvalue weighted by Gasteiger charge is 2.20. The second kappa shape index (κ2) is 7.42. The Bertz CT molecular complexity index is 229. The maximum Gasteiger partial charge on any atom is 0.303 e. The van der Waals surface area contributed by atoms with Crippen LogP contribution in [0.1, 0.15) is 64.2 Å². The van der Waals surface area contributed by atoms with Crippen LogP contribution in [0.4, 0.5) is 0 Å². The van der Waals surface area contributed by atoms with Crippen molar-refractivity contribution in [3.63, 3.8) is 0 Å². The number of carboxylic acids is 1. The van der Waals surface area contributed by atoms with Gasteiger partial charge >= 0.3 is 5.97 Å². The number of ketones is 1. The highest BCUT2D eigenvalue weighted by atomic mass is 16.4. The van der Waals surface area contributed by atoms with Crippen LogP contribution in [-0.4, -0.2) is 16.9 Å². The van der Waals surface area contributed by atoms with Crippen molar-refractivity contribution in [1.29, 1.82) is 0 Å². The van der Waals surface area contributed by atoms with Gasteiger partial charge in [0.15, 0.2) is 0 Å². The average molecular weight is 226 g/mol. The van der Waals surface area contributed by atoms with Crippen molar-refractivity contribution in [1.82, 2.24) is 0 Å². The van der Waals surface area contributed by atoms with Gasteiger partial charge in [-0.3, -0.25) is 9.59 Å². The highest BCUT2D eigenvalue weighted by Crippen LogP contribution is 2.25. The lowest BCUT2D eigenvalue weighted by atomic mass is 9.84. The predicted octanol–water partition coefficient (Wildman–Crippen LogP) is 3.17. The van der Waals surface area contributed by atoms with E-state index >= 15 is 0 Å². The van der Waals surface area contributed by atoms with E-state index in [1.807, 2.05) is 0 Å². The van der Waals surface area contributed by atoms with Crippen LogP contribution in [-0.2, 0) is 9.59 Å². The van der Waals surface area contributed by atoms with Gasteiger partial charge in [0.05, 0.1) is 0 Å². The Morgan fingerprint density at radius 1 is 0.938 bits per heavy atom. The Kier molecular flexibility index (Phi) is 6.12. The number of rotatable bonds is 7. The highest BCUT2D eigenvalue weighted by molar-refractivity contribution is 5.81. The molecule has 1 rings (SSSR count). The van der Waals surface area contributed by atoms with Crippen molar-refractivity contribution in [2.75, 3.05) is 0 Å². The quantitative estimate of drug-likeness (QED) is 0.678. The molecule has 0 aliphatic heterocycles. The van der Waals surface area contributed by atoms with Crippen LogP contribution in [0.2, 0.25) is 0 Å². The first-order chi connectivity index (χ1) is 7.70. The standard InChI is InChI=1S/C13H22O3/c14-12(11-7-3-1-4-8-11)9-5-2-6-10-13(15)16/h11H,1-10H2,(H,15,16). The molecule has 1 saturated carbocycles. The Balaban J connectivity index is 2.03. The molecule has 1 aliphatic carbocycles. The van der Waals surface area contributed by atoms with Gasteiger partial charge in [-0.25, -0.2) is 0 Å². The van der Waals surface area contributed by atoms with E-state index in [1.54, 1.807) is 0 Å². The molecule has 3 nitrogen and oxygen atoms in total. The maximum atomic E-state index is 11.8. The molecule has 92 valence electrons. The lowest BCUT2D eigenvalue weighted by Crippen LogP contribution is -2.17. The van der Waals surface area contributed by atoms with Gasteiger partial charge in [-0.1, -0.05) is 25.7 Å². The van der Waals surface area contributed by atoms with Crippen LogP contribution in [0.3, 0.4) is 0 Å². The van der Waals surface area contributed by atoms with Gasteiger partial charge in [-0.05, 0) is 25.7 Å². The first-order valence-electron chi connectivity index (χ1n) is 6.44. The Labute approximate surface area is 97.2 Å². The SMILES string of the molecule is O=C(O)CCCCCC(=O)C1CCCCC1. The van der Waals surface area contributed by atoms with Gasteiger partial charge in [0.1, 0.15) is 5.78 Å². The topological polar surface area (TPSA) is 54.4 Å². The molecule has 1 aliphatic rings. The Hall–Kier alpha value is -0.860. The smallest absolute Gasteiger partial charge is 0.303 e. The summed E-state index contributed by atoms with van der Waals surface area (Å²) >= 11 is 0. The molecule has 0 unspecified atom stereocenters. The first-order valence-corrected chi connectivity index (χ1v) is 6.44. The normalized spacial score (nSPS) is 17.2. The van der Waals surface area contributed by atoms with Gasteiger partial charge in [-0.2, -0.15) is 0 Å². The lowest BCUT2D eigenvalue weighted by molar-refractivity contribution is -0.137. The van der Waals surface area contributed by atoms with Crippen molar-refractivity contribution in [3.8, 4) is 0 Å². The third kappa shape index (κ3) is 5.29. The summed E-state index contributed by atoms with van der Waals surface area (Å²) in [5.74, 6) is -0.0122. The average Bonchev–Trinajstić information content (AvgIpc) is 2.29. The fourth-order valence-electron chi connectivity index (χ4n) is 2.38. The predicted molar refractivity (Wildman–Crippen MR) is 62.3 cm³/mol. The Morgan fingerprint density at radius 2 is 1.56 bits per heavy atom. The van der Waals surface area contributed by atoms with E-state index in [1.165, 1.54) is 19.3 Å².